The van der Waals surface area contributed by atoms with Crippen molar-refractivity contribution in [3.05, 3.63) is 81.2 Å². The van der Waals surface area contributed by atoms with E-state index < -0.39 is 0 Å². The molecule has 3 heterocycles. The van der Waals surface area contributed by atoms with Crippen LogP contribution in [0.4, 0.5) is 0 Å². The lowest BCUT2D eigenvalue weighted by atomic mass is 10.0. The fraction of sp³-hybridized carbons (Fsp3) is 0.261. The lowest BCUT2D eigenvalue weighted by Crippen LogP contribution is -2.40. The van der Waals surface area contributed by atoms with Crippen LogP contribution in [0.25, 0.3) is 11.0 Å². The van der Waals surface area contributed by atoms with Crippen LogP contribution in [-0.4, -0.2) is 38.4 Å². The van der Waals surface area contributed by atoms with Crippen molar-refractivity contribution >= 4 is 28.3 Å². The maximum atomic E-state index is 13.0. The third-order valence-electron chi connectivity index (χ3n) is 5.69. The van der Waals surface area contributed by atoms with E-state index in [1.165, 1.54) is 11.3 Å². The minimum atomic E-state index is -0.0871. The Hall–Kier alpha value is -3.39. The minimum absolute atomic E-state index is 0.0103. The van der Waals surface area contributed by atoms with Gasteiger partial charge in [0.25, 0.3) is 5.91 Å². The molecule has 5 rings (SSSR count). The van der Waals surface area contributed by atoms with Gasteiger partial charge in [-0.1, -0.05) is 18.2 Å². The van der Waals surface area contributed by atoms with E-state index in [9.17, 15) is 9.59 Å². The predicted octanol–water partition coefficient (Wildman–Crippen LogP) is 3.84. The summed E-state index contributed by atoms with van der Waals surface area (Å²) in [5.74, 6) is 0.642. The highest BCUT2D eigenvalue weighted by Gasteiger charge is 2.26. The Morgan fingerprint density at radius 1 is 1.16 bits per heavy atom. The summed E-state index contributed by atoms with van der Waals surface area (Å²) in [5.41, 5.74) is 4.93. The molecule has 2 aromatic carbocycles. The average Bonchev–Trinajstić information content (AvgIpc) is 3.44. The zero-order valence-corrected chi connectivity index (χ0v) is 17.7. The SMILES string of the molecule is O=C(c1cccc(OCc2cscn2)c1)N1CCC(n2c(=O)[nH]c3ccccc32)CC1. The van der Waals surface area contributed by atoms with Crippen LogP contribution in [0.1, 0.15) is 34.9 Å². The van der Waals surface area contributed by atoms with Gasteiger partial charge in [-0.15, -0.1) is 11.3 Å². The van der Waals surface area contributed by atoms with E-state index in [1.807, 2.05) is 57.3 Å². The van der Waals surface area contributed by atoms with Crippen LogP contribution in [0.15, 0.2) is 64.2 Å². The summed E-state index contributed by atoms with van der Waals surface area (Å²) in [5, 5.41) is 1.94. The standard InChI is InChI=1S/C23H22N4O3S/c28-22(16-4-3-5-19(12-16)30-13-17-14-31-15-24-17)26-10-8-18(9-11-26)27-21-7-2-1-6-20(21)25-23(27)29/h1-7,12,14-15,18H,8-11,13H2,(H,25,29). The molecular weight excluding hydrogens is 412 g/mol. The number of nitrogens with one attached hydrogen (secondary N) is 1. The molecule has 1 fully saturated rings. The molecule has 0 unspecified atom stereocenters. The van der Waals surface area contributed by atoms with E-state index in [1.54, 1.807) is 11.6 Å². The molecule has 0 saturated carbocycles. The third-order valence-corrected chi connectivity index (χ3v) is 6.33. The molecule has 4 aromatic rings. The highest BCUT2D eigenvalue weighted by Crippen LogP contribution is 2.26. The van der Waals surface area contributed by atoms with Crippen molar-refractivity contribution in [3.63, 3.8) is 0 Å². The molecule has 0 atom stereocenters. The van der Waals surface area contributed by atoms with Crippen LogP contribution < -0.4 is 10.4 Å². The van der Waals surface area contributed by atoms with E-state index in [0.717, 1.165) is 29.6 Å². The number of nitrogens with zero attached hydrogens (tertiary/aromatic N) is 3. The molecule has 158 valence electrons. The number of carbonyl (C=O) groups is 1. The smallest absolute Gasteiger partial charge is 0.326 e. The molecule has 1 aliphatic rings. The lowest BCUT2D eigenvalue weighted by molar-refractivity contribution is 0.0694. The Bertz CT molecular complexity index is 1250. The summed E-state index contributed by atoms with van der Waals surface area (Å²) in [7, 11) is 0. The zero-order chi connectivity index (χ0) is 21.2. The topological polar surface area (TPSA) is 80.2 Å². The molecule has 0 radical (unpaired) electrons. The van der Waals surface area contributed by atoms with Crippen molar-refractivity contribution in [2.45, 2.75) is 25.5 Å². The van der Waals surface area contributed by atoms with E-state index in [2.05, 4.69) is 9.97 Å². The molecule has 2 aromatic heterocycles. The Kier molecular flexibility index (Phi) is 5.30. The highest BCUT2D eigenvalue weighted by atomic mass is 32.1. The molecule has 1 aliphatic heterocycles. The summed E-state index contributed by atoms with van der Waals surface area (Å²) in [6.07, 6.45) is 1.49. The predicted molar refractivity (Wildman–Crippen MR) is 120 cm³/mol. The number of piperidine rings is 1. The van der Waals surface area contributed by atoms with Crippen molar-refractivity contribution < 1.29 is 9.53 Å². The summed E-state index contributed by atoms with van der Waals surface area (Å²) >= 11 is 1.53. The molecular formula is C23H22N4O3S. The van der Waals surface area contributed by atoms with Gasteiger partial charge in [0.1, 0.15) is 12.4 Å². The number of likely N-dealkylation sites (tertiary alicyclic amines) is 1. The quantitative estimate of drug-likeness (QED) is 0.518. The maximum Gasteiger partial charge on any atom is 0.326 e. The van der Waals surface area contributed by atoms with Gasteiger partial charge in [0, 0.05) is 30.1 Å². The normalized spacial score (nSPS) is 14.8. The number of aromatic amines is 1. The van der Waals surface area contributed by atoms with Crippen LogP contribution in [0, 0.1) is 0 Å². The zero-order valence-electron chi connectivity index (χ0n) is 16.9. The molecule has 1 saturated heterocycles. The molecule has 0 bridgehead atoms. The van der Waals surface area contributed by atoms with Gasteiger partial charge in [-0.2, -0.15) is 0 Å². The largest absolute Gasteiger partial charge is 0.487 e. The van der Waals surface area contributed by atoms with Gasteiger partial charge < -0.3 is 14.6 Å². The molecule has 0 spiro atoms. The Labute approximate surface area is 182 Å². The number of benzene rings is 2. The first-order valence-electron chi connectivity index (χ1n) is 10.3. The summed E-state index contributed by atoms with van der Waals surface area (Å²) in [6, 6.07) is 15.1. The number of carbonyl (C=O) groups excluding carboxylic acids is 1. The maximum absolute atomic E-state index is 13.0. The monoisotopic (exact) mass is 434 g/mol. The second kappa shape index (κ2) is 8.39. The Balaban J connectivity index is 1.25. The van der Waals surface area contributed by atoms with Crippen LogP contribution >= 0.6 is 11.3 Å². The lowest BCUT2D eigenvalue weighted by Gasteiger charge is -2.32. The average molecular weight is 435 g/mol. The number of amides is 1. The summed E-state index contributed by atoms with van der Waals surface area (Å²) < 4.78 is 7.62. The number of ether oxygens (including phenoxy) is 1. The number of thiazole rings is 1. The van der Waals surface area contributed by atoms with Crippen molar-refractivity contribution in [2.24, 2.45) is 0 Å². The first-order valence-corrected chi connectivity index (χ1v) is 11.2. The van der Waals surface area contributed by atoms with Gasteiger partial charge in [0.05, 0.1) is 22.2 Å². The number of hydrogen-bond acceptors (Lipinski definition) is 5. The van der Waals surface area contributed by atoms with Gasteiger partial charge in [-0.3, -0.25) is 9.36 Å². The molecule has 1 N–H and O–H groups in total. The summed E-state index contributed by atoms with van der Waals surface area (Å²) in [6.45, 7) is 1.60. The minimum Gasteiger partial charge on any atom is -0.487 e. The number of imidazole rings is 1. The summed E-state index contributed by atoms with van der Waals surface area (Å²) in [4.78, 5) is 34.5. The third kappa shape index (κ3) is 3.98. The number of fused-ring (bicyclic) bond motifs is 1. The van der Waals surface area contributed by atoms with E-state index >= 15 is 0 Å². The number of H-pyrrole nitrogens is 1. The second-order valence-electron chi connectivity index (χ2n) is 7.64. The van der Waals surface area contributed by atoms with Crippen LogP contribution in [0.3, 0.4) is 0 Å². The number of para-hydroxylation sites is 2. The van der Waals surface area contributed by atoms with Crippen molar-refractivity contribution in [2.75, 3.05) is 13.1 Å². The van der Waals surface area contributed by atoms with E-state index in [-0.39, 0.29) is 17.6 Å². The van der Waals surface area contributed by atoms with Gasteiger partial charge in [-0.05, 0) is 43.2 Å². The number of aromatic nitrogens is 3. The van der Waals surface area contributed by atoms with E-state index in [0.29, 0.717) is 31.0 Å². The fourth-order valence-electron chi connectivity index (χ4n) is 4.13. The molecule has 31 heavy (non-hydrogen) atoms. The van der Waals surface area contributed by atoms with Gasteiger partial charge in [0.2, 0.25) is 0 Å². The van der Waals surface area contributed by atoms with Crippen LogP contribution in [-0.2, 0) is 6.61 Å². The van der Waals surface area contributed by atoms with Crippen LogP contribution in [0.5, 0.6) is 5.75 Å². The Morgan fingerprint density at radius 3 is 2.81 bits per heavy atom. The van der Waals surface area contributed by atoms with E-state index in [4.69, 9.17) is 4.74 Å². The second-order valence-corrected chi connectivity index (χ2v) is 8.36. The molecule has 0 aliphatic carbocycles. The first-order chi connectivity index (χ1) is 15.2. The van der Waals surface area contributed by atoms with Gasteiger partial charge in [-0.25, -0.2) is 9.78 Å². The molecule has 1 amide bonds. The fourth-order valence-corrected chi connectivity index (χ4v) is 4.67. The van der Waals surface area contributed by atoms with Crippen molar-refractivity contribution in [1.29, 1.82) is 0 Å². The van der Waals surface area contributed by atoms with Crippen molar-refractivity contribution in [1.82, 2.24) is 19.4 Å². The number of hydrogen-bond donors (Lipinski definition) is 1. The van der Waals surface area contributed by atoms with Gasteiger partial charge in [0.15, 0.2) is 0 Å². The van der Waals surface area contributed by atoms with Crippen molar-refractivity contribution in [3.8, 4) is 5.75 Å². The molecule has 7 nitrogen and oxygen atoms in total. The first kappa shape index (κ1) is 19.6. The molecule has 8 heteroatoms. The van der Waals surface area contributed by atoms with Gasteiger partial charge >= 0.3 is 5.69 Å². The highest BCUT2D eigenvalue weighted by molar-refractivity contribution is 7.07. The van der Waals surface area contributed by atoms with Crippen LogP contribution in [0.2, 0.25) is 0 Å². The Morgan fingerprint density at radius 2 is 2.00 bits per heavy atom. The number of rotatable bonds is 5.